The lowest BCUT2D eigenvalue weighted by molar-refractivity contribution is -0.163. The highest BCUT2D eigenvalue weighted by molar-refractivity contribution is 6.33. The van der Waals surface area contributed by atoms with E-state index in [2.05, 4.69) is 0 Å². The van der Waals surface area contributed by atoms with Gasteiger partial charge in [0.1, 0.15) is 6.10 Å². The summed E-state index contributed by atoms with van der Waals surface area (Å²) in [6.07, 6.45) is -18.0. The zero-order chi connectivity index (χ0) is 36.2. The molecule has 3 aromatic carbocycles. The Hall–Kier alpha value is -4.46. The third-order valence-corrected chi connectivity index (χ3v) is 8.83. The fourth-order valence-electron chi connectivity index (χ4n) is 5.99. The molecule has 0 radical (unpaired) electrons. The molecule has 3 atom stereocenters. The van der Waals surface area contributed by atoms with Crippen molar-refractivity contribution in [3.8, 4) is 22.3 Å². The molecule has 5 nitrogen and oxygen atoms in total. The van der Waals surface area contributed by atoms with Crippen LogP contribution in [0.25, 0.3) is 22.3 Å². The van der Waals surface area contributed by atoms with Gasteiger partial charge in [0.2, 0.25) is 0 Å². The van der Waals surface area contributed by atoms with E-state index >= 15 is 0 Å². The number of aromatic carboxylic acids is 1. The van der Waals surface area contributed by atoms with Crippen molar-refractivity contribution in [2.45, 2.75) is 57.5 Å². The number of halogens is 10. The molecule has 0 saturated carbocycles. The van der Waals surface area contributed by atoms with Crippen molar-refractivity contribution >= 4 is 23.7 Å². The summed E-state index contributed by atoms with van der Waals surface area (Å²) < 4.78 is 128. The molecule has 3 aromatic rings. The molecule has 1 unspecified atom stereocenters. The Labute approximate surface area is 278 Å². The number of benzene rings is 3. The van der Waals surface area contributed by atoms with Crippen LogP contribution >= 0.6 is 11.6 Å². The number of hydrogen-bond donors (Lipinski definition) is 1. The van der Waals surface area contributed by atoms with E-state index in [1.54, 1.807) is 25.1 Å². The van der Waals surface area contributed by atoms with Crippen molar-refractivity contribution in [3.05, 3.63) is 105 Å². The van der Waals surface area contributed by atoms with Crippen LogP contribution in [0.15, 0.2) is 77.9 Å². The van der Waals surface area contributed by atoms with Crippen LogP contribution in [0.2, 0.25) is 5.02 Å². The van der Waals surface area contributed by atoms with Crippen LogP contribution in [0.1, 0.15) is 40.4 Å². The quantitative estimate of drug-likeness (QED) is 0.258. The van der Waals surface area contributed by atoms with Crippen LogP contribution in [0.5, 0.6) is 0 Å². The Morgan fingerprint density at radius 3 is 2.18 bits per heavy atom. The summed E-state index contributed by atoms with van der Waals surface area (Å²) in [4.78, 5) is 25.4. The standard InChI is InChI=1S/C34H25ClF9NO4/c1-16-9-19(30(46)47)3-6-25(16)18-4-8-28(35)27(13-18)26-7-5-22(32(36,37)38)12-21(26)15-45-17(2)29(49-31(45)48)20-10-23(33(39,40)41)14-24(11-20)34(42,43)44/h3-10,12-14,17,24,29H,11,15H2,1-2H3,(H,46,47)/t17-,24?,29-/m0/s1. The Morgan fingerprint density at radius 2 is 1.59 bits per heavy atom. The van der Waals surface area contributed by atoms with E-state index in [-0.39, 0.29) is 33.4 Å². The molecule has 1 amide bonds. The minimum atomic E-state index is -5.13. The summed E-state index contributed by atoms with van der Waals surface area (Å²) in [6, 6.07) is 10.6. The fraction of sp³-hybridized carbons (Fsp3) is 0.294. The number of rotatable bonds is 6. The third kappa shape index (κ3) is 7.43. The maximum absolute atomic E-state index is 13.9. The number of cyclic esters (lactones) is 1. The van der Waals surface area contributed by atoms with E-state index in [1.807, 2.05) is 0 Å². The fourth-order valence-corrected chi connectivity index (χ4v) is 6.21. The molecule has 1 heterocycles. The van der Waals surface area contributed by atoms with Crippen molar-refractivity contribution < 1.29 is 58.9 Å². The normalized spacial score (nSPS) is 20.2. The maximum atomic E-state index is 13.9. The molecule has 1 N–H and O–H groups in total. The molecule has 0 aromatic heterocycles. The molecular weight excluding hydrogens is 693 g/mol. The molecule has 15 heteroatoms. The number of ether oxygens (including phenoxy) is 1. The number of carboxylic acids is 1. The second-order valence-electron chi connectivity index (χ2n) is 11.8. The number of amides is 1. The summed E-state index contributed by atoms with van der Waals surface area (Å²) in [5.41, 5.74) is -1.03. The Kier molecular flexibility index (Phi) is 9.34. The van der Waals surface area contributed by atoms with Crippen LogP contribution < -0.4 is 0 Å². The second kappa shape index (κ2) is 12.8. The first-order chi connectivity index (χ1) is 22.6. The average Bonchev–Trinajstić information content (AvgIpc) is 3.28. The van der Waals surface area contributed by atoms with Crippen molar-refractivity contribution in [1.82, 2.24) is 4.90 Å². The van der Waals surface area contributed by atoms with Gasteiger partial charge in [-0.3, -0.25) is 4.90 Å². The SMILES string of the molecule is Cc1cc(C(=O)O)ccc1-c1ccc(Cl)c(-c2ccc(C(F)(F)F)cc2CN2C(=O)O[C@H](C3=CC(C(F)(F)F)=CC(C(F)(F)F)C3)[C@@H]2C)c1. The van der Waals surface area contributed by atoms with Crippen molar-refractivity contribution in [2.24, 2.45) is 5.92 Å². The number of carbonyl (C=O) groups excluding carboxylic acids is 1. The largest absolute Gasteiger partial charge is 0.478 e. The van der Waals surface area contributed by atoms with Gasteiger partial charge >= 0.3 is 30.6 Å². The summed E-state index contributed by atoms with van der Waals surface area (Å²) in [7, 11) is 0. The Bertz CT molecular complexity index is 1880. The monoisotopic (exact) mass is 717 g/mol. The van der Waals surface area contributed by atoms with Crippen LogP contribution in [-0.4, -0.2) is 46.6 Å². The van der Waals surface area contributed by atoms with E-state index in [0.29, 0.717) is 22.8 Å². The van der Waals surface area contributed by atoms with Gasteiger partial charge < -0.3 is 9.84 Å². The average molecular weight is 718 g/mol. The first-order valence-electron chi connectivity index (χ1n) is 14.5. The van der Waals surface area contributed by atoms with E-state index in [4.69, 9.17) is 16.3 Å². The minimum absolute atomic E-state index is 0.0361. The number of allylic oxidation sites excluding steroid dienone is 3. The first-order valence-corrected chi connectivity index (χ1v) is 14.9. The van der Waals surface area contributed by atoms with Crippen molar-refractivity contribution in [1.29, 1.82) is 0 Å². The van der Waals surface area contributed by atoms with Gasteiger partial charge in [0.05, 0.1) is 35.2 Å². The van der Waals surface area contributed by atoms with Gasteiger partial charge in [-0.05, 0) is 96.1 Å². The Morgan fingerprint density at radius 1 is 0.918 bits per heavy atom. The van der Waals surface area contributed by atoms with E-state index < -0.39 is 78.3 Å². The van der Waals surface area contributed by atoms with Gasteiger partial charge in [-0.25, -0.2) is 9.59 Å². The van der Waals surface area contributed by atoms with Gasteiger partial charge in [0, 0.05) is 10.6 Å². The van der Waals surface area contributed by atoms with Crippen molar-refractivity contribution in [2.75, 3.05) is 0 Å². The number of carboxylic acid groups (broad SMARTS) is 1. The molecule has 0 spiro atoms. The number of nitrogens with zero attached hydrogens (tertiary/aromatic N) is 1. The predicted octanol–water partition coefficient (Wildman–Crippen LogP) is 10.4. The highest BCUT2D eigenvalue weighted by Gasteiger charge is 2.48. The second-order valence-corrected chi connectivity index (χ2v) is 12.2. The molecule has 49 heavy (non-hydrogen) atoms. The van der Waals surface area contributed by atoms with Crippen molar-refractivity contribution in [3.63, 3.8) is 0 Å². The number of alkyl halides is 9. The minimum Gasteiger partial charge on any atom is -0.478 e. The summed E-state index contributed by atoms with van der Waals surface area (Å²) in [5.74, 6) is -3.65. The van der Waals surface area contributed by atoms with Gasteiger partial charge in [-0.1, -0.05) is 35.9 Å². The molecule has 0 bridgehead atoms. The maximum Gasteiger partial charge on any atom is 0.416 e. The van der Waals surface area contributed by atoms with E-state index in [0.717, 1.165) is 23.1 Å². The predicted molar refractivity (Wildman–Crippen MR) is 161 cm³/mol. The zero-order valence-corrected chi connectivity index (χ0v) is 26.2. The lowest BCUT2D eigenvalue weighted by Gasteiger charge is -2.29. The summed E-state index contributed by atoms with van der Waals surface area (Å²) in [5, 5.41) is 9.42. The van der Waals surface area contributed by atoms with Crippen LogP contribution in [0.3, 0.4) is 0 Å². The topological polar surface area (TPSA) is 66.8 Å². The molecule has 5 rings (SSSR count). The molecule has 1 aliphatic heterocycles. The molecule has 2 aliphatic rings. The third-order valence-electron chi connectivity index (χ3n) is 8.50. The van der Waals surface area contributed by atoms with Crippen LogP contribution in [0.4, 0.5) is 44.3 Å². The van der Waals surface area contributed by atoms with Gasteiger partial charge in [-0.15, -0.1) is 0 Å². The van der Waals surface area contributed by atoms with Crippen LogP contribution in [0, 0.1) is 12.8 Å². The molecule has 1 saturated heterocycles. The highest BCUT2D eigenvalue weighted by atomic mass is 35.5. The van der Waals surface area contributed by atoms with E-state index in [9.17, 15) is 54.2 Å². The Balaban J connectivity index is 1.54. The van der Waals surface area contributed by atoms with Gasteiger partial charge in [0.15, 0.2) is 0 Å². The van der Waals surface area contributed by atoms with E-state index in [1.165, 1.54) is 25.1 Å². The summed E-state index contributed by atoms with van der Waals surface area (Å²) in [6.45, 7) is 2.41. The smallest absolute Gasteiger partial charge is 0.416 e. The lowest BCUT2D eigenvalue weighted by atomic mass is 9.85. The number of hydrogen-bond acceptors (Lipinski definition) is 3. The van der Waals surface area contributed by atoms with Crippen LogP contribution in [-0.2, 0) is 17.5 Å². The van der Waals surface area contributed by atoms with Gasteiger partial charge in [-0.2, -0.15) is 39.5 Å². The highest BCUT2D eigenvalue weighted by Crippen LogP contribution is 2.44. The molecule has 260 valence electrons. The molecule has 1 aliphatic carbocycles. The number of carbonyl (C=O) groups is 2. The van der Waals surface area contributed by atoms with Gasteiger partial charge in [0.25, 0.3) is 0 Å². The number of aryl methyl sites for hydroxylation is 1. The zero-order valence-electron chi connectivity index (χ0n) is 25.4. The molecule has 1 fully saturated rings. The molecular formula is C34H25ClF9NO4. The lowest BCUT2D eigenvalue weighted by Crippen LogP contribution is -2.36. The summed E-state index contributed by atoms with van der Waals surface area (Å²) >= 11 is 6.52. The first kappa shape index (κ1) is 35.8.